The van der Waals surface area contributed by atoms with Crippen molar-refractivity contribution in [3.63, 3.8) is 0 Å². The van der Waals surface area contributed by atoms with E-state index in [1.165, 1.54) is 7.11 Å². The Morgan fingerprint density at radius 3 is 3.12 bits per heavy atom. The largest absolute Gasteiger partial charge is 0.469 e. The number of nitrogens with zero attached hydrogens (tertiary/aromatic N) is 3. The highest BCUT2D eigenvalue weighted by Gasteiger charge is 2.29. The molecule has 1 aromatic rings. The molecule has 0 bridgehead atoms. The first-order chi connectivity index (χ1) is 8.24. The highest BCUT2D eigenvalue weighted by atomic mass is 16.5. The zero-order chi connectivity index (χ0) is 12.3. The van der Waals surface area contributed by atoms with Crippen LogP contribution in [0.3, 0.4) is 0 Å². The summed E-state index contributed by atoms with van der Waals surface area (Å²) in [6.45, 7) is 3.60. The van der Waals surface area contributed by atoms with Gasteiger partial charge in [-0.15, -0.1) is 0 Å². The van der Waals surface area contributed by atoms with Gasteiger partial charge in [0.15, 0.2) is 0 Å². The van der Waals surface area contributed by atoms with Crippen molar-refractivity contribution in [1.29, 1.82) is 0 Å². The second-order valence-corrected chi connectivity index (χ2v) is 4.18. The van der Waals surface area contributed by atoms with Crippen LogP contribution in [0.25, 0.3) is 0 Å². The molecule has 17 heavy (non-hydrogen) atoms. The van der Waals surface area contributed by atoms with E-state index >= 15 is 0 Å². The molecule has 2 rings (SSSR count). The maximum Gasteiger partial charge on any atom is 0.310 e. The van der Waals surface area contributed by atoms with Crippen molar-refractivity contribution >= 4 is 11.8 Å². The minimum absolute atomic E-state index is 0.0277. The van der Waals surface area contributed by atoms with Gasteiger partial charge in [0.1, 0.15) is 12.1 Å². The molecule has 1 fully saturated rings. The third-order valence-electron chi connectivity index (χ3n) is 3.12. The van der Waals surface area contributed by atoms with E-state index in [1.807, 2.05) is 6.07 Å². The molecule has 5 nitrogen and oxygen atoms in total. The lowest BCUT2D eigenvalue weighted by molar-refractivity contribution is -0.144. The number of aromatic nitrogens is 2. The van der Waals surface area contributed by atoms with Gasteiger partial charge in [0.2, 0.25) is 0 Å². The Morgan fingerprint density at radius 1 is 1.59 bits per heavy atom. The topological polar surface area (TPSA) is 55.3 Å². The second-order valence-electron chi connectivity index (χ2n) is 4.18. The highest BCUT2D eigenvalue weighted by Crippen LogP contribution is 2.22. The summed E-state index contributed by atoms with van der Waals surface area (Å²) in [5, 5.41) is 0. The van der Waals surface area contributed by atoms with Crippen molar-refractivity contribution in [3.8, 4) is 0 Å². The summed E-state index contributed by atoms with van der Waals surface area (Å²) in [5.41, 5.74) is 1.02. The summed E-state index contributed by atoms with van der Waals surface area (Å²) in [7, 11) is 1.44. The molecule has 0 N–H and O–H groups in total. The molecule has 1 aromatic heterocycles. The average Bonchev–Trinajstić information content (AvgIpc) is 2.87. The molecule has 1 aliphatic heterocycles. The monoisotopic (exact) mass is 235 g/mol. The molecule has 1 unspecified atom stereocenters. The van der Waals surface area contributed by atoms with E-state index in [4.69, 9.17) is 4.74 Å². The Bertz CT molecular complexity index is 408. The van der Waals surface area contributed by atoms with Gasteiger partial charge in [-0.25, -0.2) is 9.97 Å². The van der Waals surface area contributed by atoms with Gasteiger partial charge in [-0.1, -0.05) is 6.92 Å². The molecule has 0 saturated carbocycles. The Kier molecular flexibility index (Phi) is 3.56. The van der Waals surface area contributed by atoms with Crippen LogP contribution in [0.1, 0.15) is 19.0 Å². The van der Waals surface area contributed by atoms with Gasteiger partial charge in [-0.3, -0.25) is 4.79 Å². The van der Waals surface area contributed by atoms with E-state index < -0.39 is 0 Å². The minimum Gasteiger partial charge on any atom is -0.469 e. The molecular formula is C12H17N3O2. The fraction of sp³-hybridized carbons (Fsp3) is 0.583. The third-order valence-corrected chi connectivity index (χ3v) is 3.12. The first kappa shape index (κ1) is 11.8. The predicted octanol–water partition coefficient (Wildman–Crippen LogP) is 1.04. The zero-order valence-corrected chi connectivity index (χ0v) is 10.2. The van der Waals surface area contributed by atoms with Crippen molar-refractivity contribution in [2.45, 2.75) is 19.8 Å². The Labute approximate surface area is 101 Å². The Morgan fingerprint density at radius 2 is 2.41 bits per heavy atom. The van der Waals surface area contributed by atoms with Crippen LogP contribution in [0, 0.1) is 5.92 Å². The summed E-state index contributed by atoms with van der Waals surface area (Å²) < 4.78 is 4.76. The summed E-state index contributed by atoms with van der Waals surface area (Å²) >= 11 is 0. The number of carbonyl (C=O) groups is 1. The van der Waals surface area contributed by atoms with Gasteiger partial charge >= 0.3 is 5.97 Å². The fourth-order valence-corrected chi connectivity index (χ4v) is 2.08. The SMILES string of the molecule is CCc1cc(N2CCC(C(=O)OC)C2)ncn1. The molecular weight excluding hydrogens is 218 g/mol. The lowest BCUT2D eigenvalue weighted by Gasteiger charge is -2.17. The van der Waals surface area contributed by atoms with Crippen LogP contribution in [-0.2, 0) is 16.0 Å². The van der Waals surface area contributed by atoms with Gasteiger partial charge in [-0.05, 0) is 12.8 Å². The number of ether oxygens (including phenoxy) is 1. The quantitative estimate of drug-likeness (QED) is 0.733. The molecule has 5 heteroatoms. The molecule has 2 heterocycles. The molecule has 1 saturated heterocycles. The zero-order valence-electron chi connectivity index (χ0n) is 10.2. The van der Waals surface area contributed by atoms with Gasteiger partial charge in [0, 0.05) is 24.8 Å². The van der Waals surface area contributed by atoms with Crippen molar-refractivity contribution in [2.75, 3.05) is 25.1 Å². The lowest BCUT2D eigenvalue weighted by atomic mass is 10.1. The Hall–Kier alpha value is -1.65. The summed E-state index contributed by atoms with van der Waals surface area (Å²) in [5.74, 6) is 0.751. The number of hydrogen-bond acceptors (Lipinski definition) is 5. The number of methoxy groups -OCH3 is 1. The molecule has 0 aromatic carbocycles. The molecule has 1 aliphatic rings. The number of aryl methyl sites for hydroxylation is 1. The smallest absolute Gasteiger partial charge is 0.310 e. The average molecular weight is 235 g/mol. The molecule has 0 amide bonds. The van der Waals surface area contributed by atoms with E-state index in [1.54, 1.807) is 6.33 Å². The van der Waals surface area contributed by atoms with Crippen LogP contribution in [-0.4, -0.2) is 36.1 Å². The summed E-state index contributed by atoms with van der Waals surface area (Å²) in [6, 6.07) is 1.99. The van der Waals surface area contributed by atoms with E-state index in [-0.39, 0.29) is 11.9 Å². The predicted molar refractivity (Wildman–Crippen MR) is 63.7 cm³/mol. The van der Waals surface area contributed by atoms with Crippen molar-refractivity contribution in [3.05, 3.63) is 18.1 Å². The van der Waals surface area contributed by atoms with Gasteiger partial charge in [0.05, 0.1) is 13.0 Å². The van der Waals surface area contributed by atoms with Crippen molar-refractivity contribution in [2.24, 2.45) is 5.92 Å². The summed E-state index contributed by atoms with van der Waals surface area (Å²) in [6.07, 6.45) is 3.31. The summed E-state index contributed by atoms with van der Waals surface area (Å²) in [4.78, 5) is 22.0. The van der Waals surface area contributed by atoms with Crippen molar-refractivity contribution < 1.29 is 9.53 Å². The van der Waals surface area contributed by atoms with Crippen LogP contribution < -0.4 is 4.90 Å². The first-order valence-electron chi connectivity index (χ1n) is 5.88. The van der Waals surface area contributed by atoms with Crippen molar-refractivity contribution in [1.82, 2.24) is 9.97 Å². The van der Waals surface area contributed by atoms with E-state index in [2.05, 4.69) is 21.8 Å². The number of rotatable bonds is 3. The third kappa shape index (κ3) is 2.54. The molecule has 0 aliphatic carbocycles. The normalized spacial score (nSPS) is 19.4. The van der Waals surface area contributed by atoms with Crippen LogP contribution >= 0.6 is 0 Å². The number of esters is 1. The van der Waals surface area contributed by atoms with Crippen LogP contribution in [0.15, 0.2) is 12.4 Å². The molecule has 0 radical (unpaired) electrons. The van der Waals surface area contributed by atoms with Crippen LogP contribution in [0.2, 0.25) is 0 Å². The maximum absolute atomic E-state index is 11.4. The number of anilines is 1. The minimum atomic E-state index is -0.128. The molecule has 1 atom stereocenters. The van der Waals surface area contributed by atoms with E-state index in [9.17, 15) is 4.79 Å². The fourth-order valence-electron chi connectivity index (χ4n) is 2.08. The number of carbonyl (C=O) groups excluding carboxylic acids is 1. The first-order valence-corrected chi connectivity index (χ1v) is 5.88. The second kappa shape index (κ2) is 5.12. The van der Waals surface area contributed by atoms with E-state index in [0.717, 1.165) is 30.9 Å². The maximum atomic E-state index is 11.4. The standard InChI is InChI=1S/C12H17N3O2/c1-3-10-6-11(14-8-13-10)15-5-4-9(7-15)12(16)17-2/h6,8-9H,3-5,7H2,1-2H3. The van der Waals surface area contributed by atoms with Gasteiger partial charge in [-0.2, -0.15) is 0 Å². The Balaban J connectivity index is 2.07. The highest BCUT2D eigenvalue weighted by molar-refractivity contribution is 5.74. The lowest BCUT2D eigenvalue weighted by Crippen LogP contribution is -2.24. The molecule has 92 valence electrons. The molecule has 0 spiro atoms. The van der Waals surface area contributed by atoms with Gasteiger partial charge < -0.3 is 9.64 Å². The number of hydrogen-bond donors (Lipinski definition) is 0. The van der Waals surface area contributed by atoms with E-state index in [0.29, 0.717) is 6.54 Å². The van der Waals surface area contributed by atoms with Gasteiger partial charge in [0.25, 0.3) is 0 Å². The van der Waals surface area contributed by atoms with Crippen LogP contribution in [0.4, 0.5) is 5.82 Å². The van der Waals surface area contributed by atoms with Crippen LogP contribution in [0.5, 0.6) is 0 Å².